The van der Waals surface area contributed by atoms with Gasteiger partial charge in [0.05, 0.1) is 6.42 Å². The third-order valence-corrected chi connectivity index (χ3v) is 4.27. The summed E-state index contributed by atoms with van der Waals surface area (Å²) < 4.78 is 24.2. The summed E-state index contributed by atoms with van der Waals surface area (Å²) in [5.74, 6) is 0.561. The molecule has 1 aliphatic heterocycles. The number of benzene rings is 2. The van der Waals surface area contributed by atoms with Gasteiger partial charge in [-0.2, -0.15) is 0 Å². The number of amides is 2. The van der Waals surface area contributed by atoms with E-state index in [1.807, 2.05) is 18.2 Å². The standard InChI is InChI=1S/C20H21FN2O4/c1-14(24)23(12-15-6-7-18-19(10-15)27-13-26-18)9-8-22-20(25)11-16-4-2-3-5-17(16)21/h2-7,10H,8-9,11-13H2,1H3,(H,22,25). The van der Waals surface area contributed by atoms with Crippen LogP contribution in [-0.2, 0) is 22.6 Å². The van der Waals surface area contributed by atoms with Crippen molar-refractivity contribution in [1.82, 2.24) is 10.2 Å². The van der Waals surface area contributed by atoms with E-state index < -0.39 is 5.82 Å². The quantitative estimate of drug-likeness (QED) is 0.810. The normalized spacial score (nSPS) is 11.9. The minimum Gasteiger partial charge on any atom is -0.454 e. The molecule has 0 fully saturated rings. The molecule has 0 saturated heterocycles. The number of rotatable bonds is 7. The van der Waals surface area contributed by atoms with E-state index in [1.54, 1.807) is 23.1 Å². The third kappa shape index (κ3) is 4.97. The maximum Gasteiger partial charge on any atom is 0.231 e. The van der Waals surface area contributed by atoms with Gasteiger partial charge in [0.25, 0.3) is 0 Å². The average Bonchev–Trinajstić information content (AvgIpc) is 3.10. The predicted octanol–water partition coefficient (Wildman–Crippen LogP) is 2.26. The zero-order valence-electron chi connectivity index (χ0n) is 15.0. The SMILES string of the molecule is CC(=O)N(CCNC(=O)Cc1ccccc1F)Cc1ccc2c(c1)OCO2. The van der Waals surface area contributed by atoms with Gasteiger partial charge < -0.3 is 19.7 Å². The molecule has 3 rings (SSSR count). The number of hydrogen-bond donors (Lipinski definition) is 1. The number of carbonyl (C=O) groups excluding carboxylic acids is 2. The lowest BCUT2D eigenvalue weighted by molar-refractivity contribution is -0.130. The topological polar surface area (TPSA) is 67.9 Å². The van der Waals surface area contributed by atoms with Crippen molar-refractivity contribution >= 4 is 11.8 Å². The van der Waals surface area contributed by atoms with Gasteiger partial charge >= 0.3 is 0 Å². The highest BCUT2D eigenvalue weighted by atomic mass is 19.1. The van der Waals surface area contributed by atoms with Crippen LogP contribution >= 0.6 is 0 Å². The van der Waals surface area contributed by atoms with E-state index in [0.717, 1.165) is 5.56 Å². The fourth-order valence-corrected chi connectivity index (χ4v) is 2.82. The van der Waals surface area contributed by atoms with Crippen molar-refractivity contribution in [2.24, 2.45) is 0 Å². The number of ether oxygens (including phenoxy) is 2. The molecule has 0 radical (unpaired) electrons. The molecule has 0 bridgehead atoms. The van der Waals surface area contributed by atoms with Gasteiger partial charge in [0.15, 0.2) is 11.5 Å². The maximum atomic E-state index is 13.6. The van der Waals surface area contributed by atoms with Gasteiger partial charge in [-0.1, -0.05) is 24.3 Å². The smallest absolute Gasteiger partial charge is 0.231 e. The van der Waals surface area contributed by atoms with Crippen LogP contribution in [0.1, 0.15) is 18.1 Å². The first-order chi connectivity index (χ1) is 13.0. The Kier molecular flexibility index (Phi) is 5.90. The molecule has 0 unspecified atom stereocenters. The van der Waals surface area contributed by atoms with Crippen LogP contribution in [0.25, 0.3) is 0 Å². The number of carbonyl (C=O) groups is 2. The Balaban J connectivity index is 1.50. The molecule has 0 saturated carbocycles. The highest BCUT2D eigenvalue weighted by Crippen LogP contribution is 2.32. The van der Waals surface area contributed by atoms with E-state index >= 15 is 0 Å². The van der Waals surface area contributed by atoms with E-state index in [9.17, 15) is 14.0 Å². The largest absolute Gasteiger partial charge is 0.454 e. The third-order valence-electron chi connectivity index (χ3n) is 4.27. The summed E-state index contributed by atoms with van der Waals surface area (Å²) in [5.41, 5.74) is 1.26. The van der Waals surface area contributed by atoms with E-state index in [2.05, 4.69) is 5.32 Å². The van der Waals surface area contributed by atoms with Crippen LogP contribution in [0.15, 0.2) is 42.5 Å². The van der Waals surface area contributed by atoms with Crippen LogP contribution in [0.2, 0.25) is 0 Å². The Morgan fingerprint density at radius 2 is 1.93 bits per heavy atom. The molecule has 27 heavy (non-hydrogen) atoms. The molecule has 2 amide bonds. The second-order valence-electron chi connectivity index (χ2n) is 6.25. The lowest BCUT2D eigenvalue weighted by Gasteiger charge is -2.21. The fraction of sp³-hybridized carbons (Fsp3) is 0.300. The Morgan fingerprint density at radius 1 is 1.15 bits per heavy atom. The number of fused-ring (bicyclic) bond motifs is 1. The molecule has 142 valence electrons. The highest BCUT2D eigenvalue weighted by molar-refractivity contribution is 5.78. The van der Waals surface area contributed by atoms with Gasteiger partial charge in [0.1, 0.15) is 5.82 Å². The van der Waals surface area contributed by atoms with Gasteiger partial charge in [-0.25, -0.2) is 4.39 Å². The summed E-state index contributed by atoms with van der Waals surface area (Å²) in [6.07, 6.45) is -0.0328. The van der Waals surface area contributed by atoms with Crippen molar-refractivity contribution in [3.8, 4) is 11.5 Å². The summed E-state index contributed by atoms with van der Waals surface area (Å²) >= 11 is 0. The first-order valence-corrected chi connectivity index (χ1v) is 8.67. The number of nitrogens with zero attached hydrogens (tertiary/aromatic N) is 1. The monoisotopic (exact) mass is 372 g/mol. The van der Waals surface area contributed by atoms with Gasteiger partial charge in [0, 0.05) is 26.6 Å². The van der Waals surface area contributed by atoms with Crippen molar-refractivity contribution in [3.63, 3.8) is 0 Å². The molecule has 7 heteroatoms. The second-order valence-corrected chi connectivity index (χ2v) is 6.25. The predicted molar refractivity (Wildman–Crippen MR) is 96.8 cm³/mol. The van der Waals surface area contributed by atoms with Crippen molar-refractivity contribution < 1.29 is 23.5 Å². The van der Waals surface area contributed by atoms with Crippen LogP contribution in [0, 0.1) is 5.82 Å². The molecule has 2 aromatic rings. The molecule has 0 atom stereocenters. The number of halogens is 1. The van der Waals surface area contributed by atoms with E-state index in [4.69, 9.17) is 9.47 Å². The number of nitrogens with one attached hydrogen (secondary N) is 1. The molecule has 0 aliphatic carbocycles. The first-order valence-electron chi connectivity index (χ1n) is 8.67. The van der Waals surface area contributed by atoms with Gasteiger partial charge in [0.2, 0.25) is 18.6 Å². The van der Waals surface area contributed by atoms with Crippen molar-refractivity contribution in [2.75, 3.05) is 19.9 Å². The summed E-state index contributed by atoms with van der Waals surface area (Å²) in [6.45, 7) is 2.72. The zero-order chi connectivity index (χ0) is 19.2. The average molecular weight is 372 g/mol. The zero-order valence-corrected chi connectivity index (χ0v) is 15.0. The molecule has 0 aromatic heterocycles. The van der Waals surface area contributed by atoms with Crippen molar-refractivity contribution in [3.05, 3.63) is 59.4 Å². The molecule has 0 spiro atoms. The van der Waals surface area contributed by atoms with Crippen molar-refractivity contribution in [1.29, 1.82) is 0 Å². The van der Waals surface area contributed by atoms with Gasteiger partial charge in [-0.05, 0) is 29.3 Å². The van der Waals surface area contributed by atoms with E-state index in [1.165, 1.54) is 13.0 Å². The molecule has 1 N–H and O–H groups in total. The van der Waals surface area contributed by atoms with Crippen LogP contribution in [-0.4, -0.2) is 36.6 Å². The summed E-state index contributed by atoms with van der Waals surface area (Å²) in [4.78, 5) is 25.5. The van der Waals surface area contributed by atoms with Gasteiger partial charge in [-0.15, -0.1) is 0 Å². The maximum absolute atomic E-state index is 13.6. The molecule has 2 aromatic carbocycles. The molecular formula is C20H21FN2O4. The summed E-state index contributed by atoms with van der Waals surface area (Å²) in [7, 11) is 0. The minimum absolute atomic E-state index is 0.0328. The second kappa shape index (κ2) is 8.53. The summed E-state index contributed by atoms with van der Waals surface area (Å²) in [6, 6.07) is 11.7. The van der Waals surface area contributed by atoms with Crippen LogP contribution in [0.4, 0.5) is 4.39 Å². The summed E-state index contributed by atoms with van der Waals surface area (Å²) in [5, 5.41) is 2.73. The lowest BCUT2D eigenvalue weighted by atomic mass is 10.1. The van der Waals surface area contributed by atoms with Crippen LogP contribution in [0.5, 0.6) is 11.5 Å². The van der Waals surface area contributed by atoms with Gasteiger partial charge in [-0.3, -0.25) is 9.59 Å². The Labute approximate surface area is 156 Å². The highest BCUT2D eigenvalue weighted by Gasteiger charge is 2.16. The Morgan fingerprint density at radius 3 is 2.70 bits per heavy atom. The Bertz CT molecular complexity index is 840. The van der Waals surface area contributed by atoms with Crippen LogP contribution in [0.3, 0.4) is 0 Å². The molecule has 1 heterocycles. The number of hydrogen-bond acceptors (Lipinski definition) is 4. The first kappa shape index (κ1) is 18.7. The van der Waals surface area contributed by atoms with E-state index in [-0.39, 0.29) is 31.6 Å². The van der Waals surface area contributed by atoms with E-state index in [0.29, 0.717) is 30.2 Å². The molecule has 1 aliphatic rings. The molecular weight excluding hydrogens is 351 g/mol. The van der Waals surface area contributed by atoms with Crippen molar-refractivity contribution in [2.45, 2.75) is 19.9 Å². The van der Waals surface area contributed by atoms with Crippen LogP contribution < -0.4 is 14.8 Å². The fourth-order valence-electron chi connectivity index (χ4n) is 2.82. The lowest BCUT2D eigenvalue weighted by Crippen LogP contribution is -2.37. The minimum atomic E-state index is -0.402. The molecule has 6 nitrogen and oxygen atoms in total. The Hall–Kier alpha value is -3.09.